The second-order valence-electron chi connectivity index (χ2n) is 7.20. The van der Waals surface area contributed by atoms with E-state index in [-0.39, 0.29) is 18.8 Å². The predicted octanol–water partition coefficient (Wildman–Crippen LogP) is 0.180. The zero-order valence-corrected chi connectivity index (χ0v) is 13.7. The fourth-order valence-corrected chi connectivity index (χ4v) is 4.10. The van der Waals surface area contributed by atoms with Crippen LogP contribution in [0.3, 0.4) is 0 Å². The molecule has 3 fully saturated rings. The van der Waals surface area contributed by atoms with Crippen LogP contribution < -0.4 is 0 Å². The molecule has 2 saturated heterocycles. The van der Waals surface area contributed by atoms with Gasteiger partial charge in [-0.3, -0.25) is 9.59 Å². The average Bonchev–Trinajstić information content (AvgIpc) is 2.41. The van der Waals surface area contributed by atoms with Crippen LogP contribution in [0.2, 0.25) is 0 Å². The highest BCUT2D eigenvalue weighted by Gasteiger charge is 2.69. The van der Waals surface area contributed by atoms with Crippen LogP contribution in [0, 0.1) is 5.92 Å². The van der Waals surface area contributed by atoms with Crippen LogP contribution in [0.5, 0.6) is 0 Å². The zero-order chi connectivity index (χ0) is 17.8. The molecule has 3 rings (SSSR count). The highest BCUT2D eigenvalue weighted by Crippen LogP contribution is 2.50. The van der Waals surface area contributed by atoms with Crippen LogP contribution in [0.1, 0.15) is 52.4 Å². The van der Waals surface area contributed by atoms with E-state index in [0.29, 0.717) is 12.8 Å². The van der Waals surface area contributed by atoms with Crippen molar-refractivity contribution in [3.63, 3.8) is 0 Å². The quantitative estimate of drug-likeness (QED) is 0.539. The molecule has 8 nitrogen and oxygen atoms in total. The highest BCUT2D eigenvalue weighted by atomic mass is 16.7. The van der Waals surface area contributed by atoms with Crippen molar-refractivity contribution < 1.29 is 38.8 Å². The molecule has 5 unspecified atom stereocenters. The topological polar surface area (TPSA) is 119 Å². The third-order valence-corrected chi connectivity index (χ3v) is 5.13. The van der Waals surface area contributed by atoms with E-state index in [1.54, 1.807) is 6.92 Å². The summed E-state index contributed by atoms with van der Waals surface area (Å²) in [7, 11) is 0. The van der Waals surface area contributed by atoms with Gasteiger partial charge in [0, 0.05) is 6.42 Å². The number of ether oxygens (including phenoxy) is 3. The van der Waals surface area contributed by atoms with Gasteiger partial charge in [-0.05, 0) is 18.8 Å². The zero-order valence-electron chi connectivity index (χ0n) is 13.7. The first-order valence-electron chi connectivity index (χ1n) is 8.24. The fourth-order valence-electron chi connectivity index (χ4n) is 4.10. The van der Waals surface area contributed by atoms with Crippen molar-refractivity contribution in [2.75, 3.05) is 0 Å². The number of hydrogen-bond donors (Lipinski definition) is 2. The van der Waals surface area contributed by atoms with Crippen molar-refractivity contribution in [3.05, 3.63) is 0 Å². The van der Waals surface area contributed by atoms with Crippen molar-refractivity contribution in [1.82, 2.24) is 0 Å². The Morgan fingerprint density at radius 2 is 1.79 bits per heavy atom. The lowest BCUT2D eigenvalue weighted by atomic mass is 9.69. The monoisotopic (exact) mass is 342 g/mol. The van der Waals surface area contributed by atoms with Gasteiger partial charge >= 0.3 is 17.9 Å². The lowest BCUT2D eigenvalue weighted by molar-refractivity contribution is -0.348. The van der Waals surface area contributed by atoms with Gasteiger partial charge in [-0.1, -0.05) is 20.3 Å². The van der Waals surface area contributed by atoms with Gasteiger partial charge in [0.15, 0.2) is 5.60 Å². The molecular formula is C16H22O8. The number of fused-ring (bicyclic) bond motifs is 2. The summed E-state index contributed by atoms with van der Waals surface area (Å²) in [6, 6.07) is 0. The maximum Gasteiger partial charge on any atom is 0.340 e. The molecule has 0 aromatic carbocycles. The summed E-state index contributed by atoms with van der Waals surface area (Å²) in [5.41, 5.74) is -4.06. The number of carbonyl (C=O) groups is 3. The summed E-state index contributed by atoms with van der Waals surface area (Å²) >= 11 is 0. The minimum absolute atomic E-state index is 0.0541. The fraction of sp³-hybridized carbons (Fsp3) is 0.812. The Morgan fingerprint density at radius 1 is 1.12 bits per heavy atom. The molecule has 2 N–H and O–H groups in total. The van der Waals surface area contributed by atoms with E-state index in [2.05, 4.69) is 0 Å². The number of aliphatic hydroxyl groups is 2. The summed E-state index contributed by atoms with van der Waals surface area (Å²) in [5.74, 6) is -5.06. The molecule has 1 aliphatic carbocycles. The molecule has 24 heavy (non-hydrogen) atoms. The van der Waals surface area contributed by atoms with Crippen molar-refractivity contribution >= 4 is 17.9 Å². The van der Waals surface area contributed by atoms with Gasteiger partial charge in [0.1, 0.15) is 6.10 Å². The molecule has 134 valence electrons. The normalized spacial score (nSPS) is 45.2. The maximum atomic E-state index is 12.6. The van der Waals surface area contributed by atoms with Gasteiger partial charge in [0.05, 0.1) is 12.8 Å². The minimum Gasteiger partial charge on any atom is -0.458 e. The first-order chi connectivity index (χ1) is 11.1. The second-order valence-corrected chi connectivity index (χ2v) is 7.20. The molecular weight excluding hydrogens is 320 g/mol. The Kier molecular flexibility index (Phi) is 3.88. The Bertz CT molecular complexity index is 589. The van der Waals surface area contributed by atoms with Crippen LogP contribution in [0.25, 0.3) is 0 Å². The molecule has 5 atom stereocenters. The molecule has 0 spiro atoms. The Morgan fingerprint density at radius 3 is 2.46 bits per heavy atom. The van der Waals surface area contributed by atoms with E-state index in [1.807, 2.05) is 6.92 Å². The molecule has 0 aromatic heterocycles. The van der Waals surface area contributed by atoms with Gasteiger partial charge in [-0.2, -0.15) is 0 Å². The second kappa shape index (κ2) is 5.42. The highest BCUT2D eigenvalue weighted by molar-refractivity contribution is 5.91. The third kappa shape index (κ3) is 2.39. The Balaban J connectivity index is 2.20. The molecule has 1 saturated carbocycles. The van der Waals surface area contributed by atoms with Crippen molar-refractivity contribution in [1.29, 1.82) is 0 Å². The van der Waals surface area contributed by atoms with Crippen LogP contribution in [0.4, 0.5) is 0 Å². The van der Waals surface area contributed by atoms with Crippen molar-refractivity contribution in [2.45, 2.75) is 75.5 Å². The summed E-state index contributed by atoms with van der Waals surface area (Å²) < 4.78 is 16.3. The number of hydrogen-bond acceptors (Lipinski definition) is 8. The third-order valence-electron chi connectivity index (χ3n) is 5.13. The number of rotatable bonds is 2. The SMILES string of the molecule is CCCC12OC(=O)C3(O)CC(=O)OC1CC(C)CC2(O)OC(=O)C3. The van der Waals surface area contributed by atoms with Crippen molar-refractivity contribution in [2.24, 2.45) is 5.92 Å². The van der Waals surface area contributed by atoms with Crippen LogP contribution in [0.15, 0.2) is 0 Å². The van der Waals surface area contributed by atoms with E-state index in [0.717, 1.165) is 0 Å². The van der Waals surface area contributed by atoms with E-state index < -0.39 is 53.8 Å². The molecule has 3 aliphatic rings. The summed E-state index contributed by atoms with van der Waals surface area (Å²) in [6.45, 7) is 3.63. The molecule has 0 amide bonds. The Labute approximate surface area is 139 Å². The van der Waals surface area contributed by atoms with E-state index >= 15 is 0 Å². The van der Waals surface area contributed by atoms with Crippen LogP contribution >= 0.6 is 0 Å². The van der Waals surface area contributed by atoms with Gasteiger partial charge in [0.2, 0.25) is 5.60 Å². The molecule has 8 heteroatoms. The summed E-state index contributed by atoms with van der Waals surface area (Å²) in [4.78, 5) is 36.9. The van der Waals surface area contributed by atoms with Gasteiger partial charge in [0.25, 0.3) is 5.79 Å². The largest absolute Gasteiger partial charge is 0.458 e. The maximum absolute atomic E-state index is 12.6. The molecule has 0 aromatic rings. The van der Waals surface area contributed by atoms with Crippen molar-refractivity contribution in [3.8, 4) is 0 Å². The van der Waals surface area contributed by atoms with Crippen LogP contribution in [-0.2, 0) is 28.6 Å². The first-order valence-corrected chi connectivity index (χ1v) is 8.24. The van der Waals surface area contributed by atoms with Crippen LogP contribution in [-0.4, -0.2) is 51.2 Å². The molecule has 2 aliphatic heterocycles. The van der Waals surface area contributed by atoms with Gasteiger partial charge < -0.3 is 24.4 Å². The summed E-state index contributed by atoms with van der Waals surface area (Å²) in [6.07, 6.45) is -1.39. The van der Waals surface area contributed by atoms with E-state index in [1.165, 1.54) is 0 Å². The smallest absolute Gasteiger partial charge is 0.340 e. The minimum atomic E-state index is -2.34. The Hall–Kier alpha value is -1.67. The number of esters is 3. The van der Waals surface area contributed by atoms with E-state index in [4.69, 9.17) is 14.2 Å². The molecule has 0 radical (unpaired) electrons. The average molecular weight is 342 g/mol. The van der Waals surface area contributed by atoms with Gasteiger partial charge in [-0.15, -0.1) is 0 Å². The van der Waals surface area contributed by atoms with Gasteiger partial charge in [-0.25, -0.2) is 4.79 Å². The summed E-state index contributed by atoms with van der Waals surface area (Å²) in [5, 5.41) is 21.6. The predicted molar refractivity (Wildman–Crippen MR) is 77.2 cm³/mol. The lowest BCUT2D eigenvalue weighted by Crippen LogP contribution is -2.72. The molecule has 2 heterocycles. The molecule has 2 bridgehead atoms. The number of carbonyl (C=O) groups excluding carboxylic acids is 3. The van der Waals surface area contributed by atoms with E-state index in [9.17, 15) is 24.6 Å². The first kappa shape index (κ1) is 17.2. The lowest BCUT2D eigenvalue weighted by Gasteiger charge is -2.55. The standard InChI is InChI=1S/C16H22O8/c1-3-4-15-10-5-9(2)6-16(15,21)23-12(18)8-14(20,13(19)24-15)7-11(17)22-10/h9-10,20-21H,3-8H2,1-2H3.